The highest BCUT2D eigenvalue weighted by Gasteiger charge is 2.41. The van der Waals surface area contributed by atoms with Gasteiger partial charge in [-0.05, 0) is 19.8 Å². The number of carbonyl (C=O) groups is 1. The Morgan fingerprint density at radius 2 is 2.00 bits per heavy atom. The van der Waals surface area contributed by atoms with E-state index in [9.17, 15) is 4.79 Å². The van der Waals surface area contributed by atoms with Crippen molar-refractivity contribution in [2.24, 2.45) is 11.1 Å². The summed E-state index contributed by atoms with van der Waals surface area (Å²) in [6, 6.07) is 0. The molecule has 0 atom stereocenters. The van der Waals surface area contributed by atoms with E-state index >= 15 is 0 Å². The van der Waals surface area contributed by atoms with E-state index in [1.54, 1.807) is 0 Å². The van der Waals surface area contributed by atoms with Gasteiger partial charge in [-0.1, -0.05) is 31.5 Å². The van der Waals surface area contributed by atoms with Crippen LogP contribution in [0.4, 0.5) is 0 Å². The fourth-order valence-corrected chi connectivity index (χ4v) is 2.37. The van der Waals surface area contributed by atoms with Crippen molar-refractivity contribution in [3.05, 3.63) is 0 Å². The van der Waals surface area contributed by atoms with Crippen LogP contribution in [0.3, 0.4) is 0 Å². The van der Waals surface area contributed by atoms with Crippen molar-refractivity contribution in [1.29, 1.82) is 0 Å². The lowest BCUT2D eigenvalue weighted by atomic mass is 9.73. The van der Waals surface area contributed by atoms with E-state index in [1.807, 2.05) is 6.92 Å². The Hall–Kier alpha value is -0.640. The number of nitrogens with one attached hydrogen (secondary N) is 1. The number of thiocarbonyl (C=S) groups is 1. The Labute approximate surface area is 90.4 Å². The molecule has 0 radical (unpaired) electrons. The fraction of sp³-hybridized carbons (Fsp3) is 0.800. The molecule has 0 aromatic rings. The molecule has 1 aliphatic rings. The van der Waals surface area contributed by atoms with Gasteiger partial charge in [-0.2, -0.15) is 0 Å². The van der Waals surface area contributed by atoms with Gasteiger partial charge in [-0.3, -0.25) is 4.79 Å². The topological polar surface area (TPSA) is 55.1 Å². The van der Waals surface area contributed by atoms with Gasteiger partial charge in [-0.25, -0.2) is 0 Å². The van der Waals surface area contributed by atoms with Crippen molar-refractivity contribution in [3.63, 3.8) is 0 Å². The van der Waals surface area contributed by atoms with Crippen LogP contribution in [0.25, 0.3) is 0 Å². The van der Waals surface area contributed by atoms with Gasteiger partial charge in [0.1, 0.15) is 0 Å². The predicted molar refractivity (Wildman–Crippen MR) is 61.0 cm³/mol. The van der Waals surface area contributed by atoms with Gasteiger partial charge in [0.25, 0.3) is 0 Å². The molecule has 1 rings (SSSR count). The number of hydrogen-bond acceptors (Lipinski definition) is 2. The summed E-state index contributed by atoms with van der Waals surface area (Å²) >= 11 is 5.04. The second kappa shape index (κ2) is 4.73. The molecule has 3 nitrogen and oxygen atoms in total. The monoisotopic (exact) mass is 214 g/mol. The second-order valence-corrected chi connectivity index (χ2v) is 4.31. The van der Waals surface area contributed by atoms with E-state index in [0.29, 0.717) is 11.5 Å². The van der Waals surface area contributed by atoms with Gasteiger partial charge in [0.2, 0.25) is 5.91 Å². The summed E-state index contributed by atoms with van der Waals surface area (Å²) in [7, 11) is 0. The van der Waals surface area contributed by atoms with Crippen molar-refractivity contribution in [1.82, 2.24) is 5.32 Å². The average molecular weight is 214 g/mol. The van der Waals surface area contributed by atoms with Gasteiger partial charge < -0.3 is 11.1 Å². The zero-order valence-electron chi connectivity index (χ0n) is 8.64. The molecule has 0 aromatic heterocycles. The van der Waals surface area contributed by atoms with Crippen molar-refractivity contribution in [2.75, 3.05) is 6.54 Å². The van der Waals surface area contributed by atoms with E-state index < -0.39 is 5.41 Å². The normalized spacial score (nSPS) is 20.1. The number of rotatable bonds is 3. The van der Waals surface area contributed by atoms with Crippen molar-refractivity contribution < 1.29 is 4.79 Å². The van der Waals surface area contributed by atoms with Crippen molar-refractivity contribution >= 4 is 23.1 Å². The highest BCUT2D eigenvalue weighted by Crippen LogP contribution is 2.36. The molecule has 14 heavy (non-hydrogen) atoms. The molecular weight excluding hydrogens is 196 g/mol. The lowest BCUT2D eigenvalue weighted by molar-refractivity contribution is -0.128. The molecule has 1 saturated carbocycles. The summed E-state index contributed by atoms with van der Waals surface area (Å²) in [5.41, 5.74) is 5.15. The Morgan fingerprint density at radius 3 is 2.43 bits per heavy atom. The molecule has 3 N–H and O–H groups in total. The molecule has 80 valence electrons. The van der Waals surface area contributed by atoms with E-state index in [4.69, 9.17) is 18.0 Å². The first-order valence-corrected chi connectivity index (χ1v) is 5.62. The summed E-state index contributed by atoms with van der Waals surface area (Å²) in [5.74, 6) is 0.0206. The number of carbonyl (C=O) groups excluding carboxylic acids is 1. The van der Waals surface area contributed by atoms with Crippen molar-refractivity contribution in [3.8, 4) is 0 Å². The van der Waals surface area contributed by atoms with Gasteiger partial charge in [0.05, 0.1) is 10.4 Å². The maximum Gasteiger partial charge on any atom is 0.233 e. The average Bonchev–Trinajstić information content (AvgIpc) is 2.19. The number of amides is 1. The molecule has 1 aliphatic carbocycles. The standard InChI is InChI=1S/C10H18N2OS/c1-2-12-9(13)10(8(11)14)6-4-3-5-7-10/h2-7H2,1H3,(H2,11,14)(H,12,13). The molecule has 1 amide bonds. The molecule has 0 unspecified atom stereocenters. The maximum absolute atomic E-state index is 11.9. The van der Waals surface area contributed by atoms with E-state index in [0.717, 1.165) is 25.7 Å². The van der Waals surface area contributed by atoms with E-state index in [-0.39, 0.29) is 5.91 Å². The third-order valence-corrected chi connectivity index (χ3v) is 3.34. The fourth-order valence-electron chi connectivity index (χ4n) is 2.07. The molecule has 0 saturated heterocycles. The lowest BCUT2D eigenvalue weighted by Crippen LogP contribution is -2.49. The Morgan fingerprint density at radius 1 is 1.43 bits per heavy atom. The highest BCUT2D eigenvalue weighted by molar-refractivity contribution is 7.80. The molecule has 0 spiro atoms. The van der Waals surface area contributed by atoms with Crippen LogP contribution >= 0.6 is 12.2 Å². The van der Waals surface area contributed by atoms with Crippen LogP contribution in [0, 0.1) is 5.41 Å². The smallest absolute Gasteiger partial charge is 0.233 e. The Balaban J connectivity index is 2.80. The van der Waals surface area contributed by atoms with Crippen LogP contribution < -0.4 is 11.1 Å². The largest absolute Gasteiger partial charge is 0.392 e. The van der Waals surface area contributed by atoms with Gasteiger partial charge in [0.15, 0.2) is 0 Å². The SMILES string of the molecule is CCNC(=O)C1(C(N)=S)CCCCC1. The molecule has 1 fully saturated rings. The summed E-state index contributed by atoms with van der Waals surface area (Å²) < 4.78 is 0. The first kappa shape index (κ1) is 11.4. The van der Waals surface area contributed by atoms with Crippen LogP contribution in [0.1, 0.15) is 39.0 Å². The van der Waals surface area contributed by atoms with Crippen LogP contribution in [-0.2, 0) is 4.79 Å². The first-order chi connectivity index (χ1) is 6.63. The zero-order valence-corrected chi connectivity index (χ0v) is 9.45. The lowest BCUT2D eigenvalue weighted by Gasteiger charge is -2.34. The molecule has 0 aromatic carbocycles. The van der Waals surface area contributed by atoms with Crippen LogP contribution in [0.2, 0.25) is 0 Å². The Kier molecular flexibility index (Phi) is 3.86. The van der Waals surface area contributed by atoms with Crippen molar-refractivity contribution in [2.45, 2.75) is 39.0 Å². The minimum absolute atomic E-state index is 0.0206. The quantitative estimate of drug-likeness (QED) is 0.697. The first-order valence-electron chi connectivity index (χ1n) is 5.21. The zero-order chi connectivity index (χ0) is 10.6. The summed E-state index contributed by atoms with van der Waals surface area (Å²) in [6.45, 7) is 2.55. The molecule has 0 aliphatic heterocycles. The Bertz CT molecular complexity index is 234. The molecule has 4 heteroatoms. The third-order valence-electron chi connectivity index (χ3n) is 2.95. The van der Waals surface area contributed by atoms with Gasteiger partial charge in [0, 0.05) is 6.54 Å². The second-order valence-electron chi connectivity index (χ2n) is 3.87. The predicted octanol–water partition coefficient (Wildman–Crippen LogP) is 1.36. The van der Waals surface area contributed by atoms with Crippen LogP contribution in [-0.4, -0.2) is 17.4 Å². The van der Waals surface area contributed by atoms with Gasteiger partial charge >= 0.3 is 0 Å². The van der Waals surface area contributed by atoms with Gasteiger partial charge in [-0.15, -0.1) is 0 Å². The number of hydrogen-bond donors (Lipinski definition) is 2. The summed E-state index contributed by atoms with van der Waals surface area (Å²) in [4.78, 5) is 12.2. The maximum atomic E-state index is 11.9. The highest BCUT2D eigenvalue weighted by atomic mass is 32.1. The van der Waals surface area contributed by atoms with E-state index in [2.05, 4.69) is 5.32 Å². The summed E-state index contributed by atoms with van der Waals surface area (Å²) in [6.07, 6.45) is 4.91. The summed E-state index contributed by atoms with van der Waals surface area (Å²) in [5, 5.41) is 2.83. The van der Waals surface area contributed by atoms with Crippen LogP contribution in [0.5, 0.6) is 0 Å². The molecule has 0 heterocycles. The van der Waals surface area contributed by atoms with Crippen LogP contribution in [0.15, 0.2) is 0 Å². The number of nitrogens with two attached hydrogens (primary N) is 1. The minimum Gasteiger partial charge on any atom is -0.392 e. The minimum atomic E-state index is -0.552. The third kappa shape index (κ3) is 2.05. The molecular formula is C10H18N2OS. The molecule has 0 bridgehead atoms. The van der Waals surface area contributed by atoms with E-state index in [1.165, 1.54) is 6.42 Å².